The molecule has 27 heavy (non-hydrogen) atoms. The first-order chi connectivity index (χ1) is 13.0. The number of H-pyrrole nitrogens is 1. The van der Waals surface area contributed by atoms with Crippen molar-refractivity contribution >= 4 is 45.6 Å². The summed E-state index contributed by atoms with van der Waals surface area (Å²) >= 11 is 12.0. The lowest BCUT2D eigenvalue weighted by Crippen LogP contribution is -2.04. The maximum absolute atomic E-state index is 13.4. The Kier molecular flexibility index (Phi) is 4.51. The number of anilines is 2. The zero-order valence-electron chi connectivity index (χ0n) is 13.6. The first-order valence-electron chi connectivity index (χ1n) is 7.88. The second kappa shape index (κ2) is 6.98. The van der Waals surface area contributed by atoms with Gasteiger partial charge < -0.3 is 10.3 Å². The van der Waals surface area contributed by atoms with Gasteiger partial charge in [-0.05, 0) is 42.5 Å². The zero-order chi connectivity index (χ0) is 19.0. The summed E-state index contributed by atoms with van der Waals surface area (Å²) in [4.78, 5) is 23.0. The lowest BCUT2D eigenvalue weighted by molar-refractivity contribution is 0.628. The second-order valence-electron chi connectivity index (χ2n) is 5.75. The van der Waals surface area contributed by atoms with Gasteiger partial charge >= 0.3 is 0 Å². The number of nitrogens with zero attached hydrogens (tertiary/aromatic N) is 2. The van der Waals surface area contributed by atoms with Crippen molar-refractivity contribution < 1.29 is 4.39 Å². The molecule has 134 valence electrons. The maximum atomic E-state index is 13.4. The van der Waals surface area contributed by atoms with E-state index in [-0.39, 0.29) is 10.6 Å². The van der Waals surface area contributed by atoms with Gasteiger partial charge in [0.15, 0.2) is 5.82 Å². The number of aromatic nitrogens is 3. The smallest absolute Gasteiger partial charge is 0.247 e. The summed E-state index contributed by atoms with van der Waals surface area (Å²) < 4.78 is 13.4. The Morgan fingerprint density at radius 2 is 1.85 bits per heavy atom. The zero-order valence-corrected chi connectivity index (χ0v) is 15.1. The van der Waals surface area contributed by atoms with Crippen LogP contribution in [0.15, 0.2) is 59.5 Å². The first-order valence-corrected chi connectivity index (χ1v) is 8.64. The minimum absolute atomic E-state index is 0.00210. The highest BCUT2D eigenvalue weighted by Crippen LogP contribution is 2.30. The largest absolute Gasteiger partial charge is 0.340 e. The Labute approximate surface area is 162 Å². The summed E-state index contributed by atoms with van der Waals surface area (Å²) in [5, 5.41) is 4.40. The van der Waals surface area contributed by atoms with Crippen molar-refractivity contribution in [1.29, 1.82) is 0 Å². The van der Waals surface area contributed by atoms with E-state index in [4.69, 9.17) is 23.2 Å². The van der Waals surface area contributed by atoms with E-state index in [0.717, 1.165) is 5.39 Å². The molecule has 0 radical (unpaired) electrons. The molecule has 0 saturated carbocycles. The van der Waals surface area contributed by atoms with E-state index in [0.29, 0.717) is 33.4 Å². The van der Waals surface area contributed by atoms with Gasteiger partial charge in [-0.2, -0.15) is 0 Å². The van der Waals surface area contributed by atoms with Crippen molar-refractivity contribution in [1.82, 2.24) is 15.0 Å². The molecule has 0 saturated heterocycles. The molecular formula is C19H11Cl2FN4O. The van der Waals surface area contributed by atoms with Crippen LogP contribution in [0.5, 0.6) is 0 Å². The summed E-state index contributed by atoms with van der Waals surface area (Å²) in [6.45, 7) is 0. The molecule has 0 unspecified atom stereocenters. The van der Waals surface area contributed by atoms with Gasteiger partial charge in [0.25, 0.3) is 0 Å². The Morgan fingerprint density at radius 1 is 1.00 bits per heavy atom. The predicted molar refractivity (Wildman–Crippen MR) is 105 cm³/mol. The molecule has 0 bridgehead atoms. The quantitative estimate of drug-likeness (QED) is 0.497. The minimum Gasteiger partial charge on any atom is -0.340 e. The average molecular weight is 401 g/mol. The molecular weight excluding hydrogens is 390 g/mol. The molecule has 0 spiro atoms. The Morgan fingerprint density at radius 3 is 2.59 bits per heavy atom. The van der Waals surface area contributed by atoms with E-state index in [2.05, 4.69) is 20.3 Å². The maximum Gasteiger partial charge on any atom is 0.247 e. The van der Waals surface area contributed by atoms with Crippen molar-refractivity contribution in [2.75, 3.05) is 5.32 Å². The SMILES string of the molecule is O=c1ccc(-c2nc(Nc3ccc(F)c(Cl)c3)c3ccc(Cl)cc3n2)c[nH]1. The van der Waals surface area contributed by atoms with Crippen LogP contribution < -0.4 is 10.9 Å². The molecule has 0 atom stereocenters. The number of halogens is 3. The Balaban J connectivity index is 1.87. The summed E-state index contributed by atoms with van der Waals surface area (Å²) in [5.74, 6) is 0.396. The van der Waals surface area contributed by atoms with Crippen molar-refractivity contribution in [2.45, 2.75) is 0 Å². The number of pyridine rings is 1. The summed E-state index contributed by atoms with van der Waals surface area (Å²) in [6.07, 6.45) is 1.53. The highest BCUT2D eigenvalue weighted by atomic mass is 35.5. The molecule has 2 aromatic carbocycles. The Bertz CT molecular complexity index is 1210. The third kappa shape index (κ3) is 3.63. The van der Waals surface area contributed by atoms with E-state index in [1.807, 2.05) is 0 Å². The molecule has 4 rings (SSSR count). The topological polar surface area (TPSA) is 70.7 Å². The molecule has 0 amide bonds. The van der Waals surface area contributed by atoms with Gasteiger partial charge in [0, 0.05) is 33.9 Å². The summed E-state index contributed by atoms with van der Waals surface area (Å²) in [5.41, 5.74) is 1.61. The van der Waals surface area contributed by atoms with Gasteiger partial charge in [-0.25, -0.2) is 14.4 Å². The normalized spacial score (nSPS) is 10.9. The molecule has 0 aliphatic rings. The molecule has 2 N–H and O–H groups in total. The molecule has 8 heteroatoms. The lowest BCUT2D eigenvalue weighted by Gasteiger charge is -2.12. The number of hydrogen-bond acceptors (Lipinski definition) is 4. The highest BCUT2D eigenvalue weighted by Gasteiger charge is 2.11. The third-order valence-corrected chi connectivity index (χ3v) is 4.41. The first kappa shape index (κ1) is 17.5. The van der Waals surface area contributed by atoms with Gasteiger partial charge in [0.2, 0.25) is 5.56 Å². The van der Waals surface area contributed by atoms with E-state index < -0.39 is 5.82 Å². The van der Waals surface area contributed by atoms with Crippen LogP contribution in [0.2, 0.25) is 10.0 Å². The van der Waals surface area contributed by atoms with Crippen molar-refractivity contribution in [3.8, 4) is 11.4 Å². The van der Waals surface area contributed by atoms with Crippen LogP contribution in [0.4, 0.5) is 15.9 Å². The van der Waals surface area contributed by atoms with E-state index in [1.165, 1.54) is 24.4 Å². The molecule has 2 heterocycles. The third-order valence-electron chi connectivity index (χ3n) is 3.88. The van der Waals surface area contributed by atoms with Gasteiger partial charge in [-0.1, -0.05) is 23.2 Å². The number of fused-ring (bicyclic) bond motifs is 1. The lowest BCUT2D eigenvalue weighted by atomic mass is 10.2. The summed E-state index contributed by atoms with van der Waals surface area (Å²) in [6, 6.07) is 12.6. The average Bonchev–Trinajstić information content (AvgIpc) is 2.65. The molecule has 0 aliphatic carbocycles. The predicted octanol–water partition coefficient (Wildman–Crippen LogP) is 5.17. The number of rotatable bonds is 3. The summed E-state index contributed by atoms with van der Waals surface area (Å²) in [7, 11) is 0. The number of nitrogens with one attached hydrogen (secondary N) is 2. The van der Waals surface area contributed by atoms with Gasteiger partial charge in [0.1, 0.15) is 11.6 Å². The fourth-order valence-electron chi connectivity index (χ4n) is 2.59. The van der Waals surface area contributed by atoms with Gasteiger partial charge in [-0.3, -0.25) is 4.79 Å². The van der Waals surface area contributed by atoms with Crippen LogP contribution in [0.1, 0.15) is 0 Å². The van der Waals surface area contributed by atoms with Crippen LogP contribution in [-0.2, 0) is 0 Å². The monoisotopic (exact) mass is 400 g/mol. The van der Waals surface area contributed by atoms with E-state index in [1.54, 1.807) is 30.3 Å². The van der Waals surface area contributed by atoms with E-state index >= 15 is 0 Å². The van der Waals surface area contributed by atoms with Gasteiger partial charge in [-0.15, -0.1) is 0 Å². The van der Waals surface area contributed by atoms with Crippen LogP contribution in [0.25, 0.3) is 22.3 Å². The molecule has 5 nitrogen and oxygen atoms in total. The minimum atomic E-state index is -0.504. The molecule has 0 aliphatic heterocycles. The Hall–Kier alpha value is -2.96. The van der Waals surface area contributed by atoms with Crippen LogP contribution in [0, 0.1) is 5.82 Å². The molecule has 0 fully saturated rings. The van der Waals surface area contributed by atoms with Gasteiger partial charge in [0.05, 0.1) is 10.5 Å². The number of benzene rings is 2. The van der Waals surface area contributed by atoms with Crippen molar-refractivity contribution in [3.05, 3.63) is 80.9 Å². The van der Waals surface area contributed by atoms with Crippen molar-refractivity contribution in [3.63, 3.8) is 0 Å². The van der Waals surface area contributed by atoms with Crippen molar-refractivity contribution in [2.24, 2.45) is 0 Å². The van der Waals surface area contributed by atoms with Crippen LogP contribution in [0.3, 0.4) is 0 Å². The molecule has 2 aromatic heterocycles. The van der Waals surface area contributed by atoms with E-state index in [9.17, 15) is 9.18 Å². The standard InChI is InChI=1S/C19H11Cl2FN4O/c20-11-2-4-13-16(7-11)25-18(10-1-6-17(27)23-9-10)26-19(13)24-12-3-5-15(22)14(21)8-12/h1-9H,(H,23,27)(H,24,25,26). The highest BCUT2D eigenvalue weighted by molar-refractivity contribution is 6.31. The van der Waals surface area contributed by atoms with Crippen LogP contribution in [-0.4, -0.2) is 15.0 Å². The molecule has 4 aromatic rings. The number of hydrogen-bond donors (Lipinski definition) is 2. The fraction of sp³-hybridized carbons (Fsp3) is 0. The second-order valence-corrected chi connectivity index (χ2v) is 6.60. The fourth-order valence-corrected chi connectivity index (χ4v) is 2.93. The number of aromatic amines is 1. The van der Waals surface area contributed by atoms with Crippen LogP contribution >= 0.6 is 23.2 Å².